The molecule has 6 heteroatoms. The number of thiophene rings is 1. The van der Waals surface area contributed by atoms with Crippen molar-refractivity contribution in [1.29, 1.82) is 0 Å². The lowest BCUT2D eigenvalue weighted by Crippen LogP contribution is -2.05. The van der Waals surface area contributed by atoms with E-state index in [1.807, 2.05) is 35.6 Å². The number of benzene rings is 7. The molecule has 4 nitrogen and oxygen atoms in total. The molecule has 0 N–H and O–H groups in total. The van der Waals surface area contributed by atoms with Gasteiger partial charge in [-0.3, -0.25) is 4.57 Å². The van der Waals surface area contributed by atoms with E-state index in [1.165, 1.54) is 25.6 Å². The van der Waals surface area contributed by atoms with E-state index in [9.17, 15) is 0 Å². The smallest absolute Gasteiger partial charge is 0.235 e. The first-order valence-corrected chi connectivity index (χ1v) is 18.8. The molecule has 244 valence electrons. The number of rotatable bonds is 4. The van der Waals surface area contributed by atoms with Crippen molar-refractivity contribution < 1.29 is 4.42 Å². The highest BCUT2D eigenvalue weighted by Crippen LogP contribution is 2.46. The van der Waals surface area contributed by atoms with Crippen LogP contribution < -0.4 is 0 Å². The van der Waals surface area contributed by atoms with Gasteiger partial charge in [0.2, 0.25) is 5.95 Å². The van der Waals surface area contributed by atoms with E-state index in [0.29, 0.717) is 5.95 Å². The summed E-state index contributed by atoms with van der Waals surface area (Å²) in [6, 6.07) is 55.4. The molecule has 4 aromatic heterocycles. The minimum atomic E-state index is 0.632. The molecule has 11 rings (SSSR count). The zero-order valence-electron chi connectivity index (χ0n) is 27.5. The Labute approximate surface area is 310 Å². The lowest BCUT2D eigenvalue weighted by molar-refractivity contribution is 0.669. The number of fused-ring (bicyclic) bond motifs is 10. The summed E-state index contributed by atoms with van der Waals surface area (Å²) in [6.45, 7) is 0. The topological polar surface area (TPSA) is 43.9 Å². The minimum absolute atomic E-state index is 0.632. The molecule has 0 radical (unpaired) electrons. The number of furan rings is 1. The second kappa shape index (κ2) is 11.5. The zero-order valence-corrected chi connectivity index (χ0v) is 29.9. The Morgan fingerprint density at radius 3 is 1.96 bits per heavy atom. The highest BCUT2D eigenvalue weighted by Gasteiger charge is 2.23. The average molecular weight is 749 g/mol. The largest absolute Gasteiger partial charge is 0.456 e. The Hall–Kier alpha value is -6.08. The van der Waals surface area contributed by atoms with E-state index in [2.05, 4.69) is 154 Å². The van der Waals surface area contributed by atoms with Crippen LogP contribution in [0.2, 0.25) is 0 Å². The molecule has 0 unspecified atom stereocenters. The Kier molecular flexibility index (Phi) is 6.54. The Morgan fingerprint density at radius 2 is 1.17 bits per heavy atom. The van der Waals surface area contributed by atoms with Crippen LogP contribution in [0.4, 0.5) is 0 Å². The molecule has 0 bridgehead atoms. The third-order valence-electron chi connectivity index (χ3n) is 10.1. The molecule has 4 heterocycles. The van der Waals surface area contributed by atoms with E-state index < -0.39 is 0 Å². The lowest BCUT2D eigenvalue weighted by atomic mass is 10.00. The average Bonchev–Trinajstić information content (AvgIpc) is 3.88. The van der Waals surface area contributed by atoms with Crippen molar-refractivity contribution in [3.63, 3.8) is 0 Å². The summed E-state index contributed by atoms with van der Waals surface area (Å²) in [5, 5.41) is 6.91. The fourth-order valence-electron chi connectivity index (χ4n) is 7.79. The normalized spacial score (nSPS) is 11.9. The number of para-hydroxylation sites is 1. The maximum absolute atomic E-state index is 6.29. The Morgan fingerprint density at radius 1 is 0.481 bits per heavy atom. The van der Waals surface area contributed by atoms with E-state index in [-0.39, 0.29) is 0 Å². The van der Waals surface area contributed by atoms with Crippen molar-refractivity contribution >= 4 is 91.2 Å². The van der Waals surface area contributed by atoms with Crippen LogP contribution >= 0.6 is 27.3 Å². The van der Waals surface area contributed by atoms with Crippen molar-refractivity contribution in [2.45, 2.75) is 0 Å². The second-order valence-electron chi connectivity index (χ2n) is 13.1. The molecule has 0 saturated heterocycles. The summed E-state index contributed by atoms with van der Waals surface area (Å²) in [5.74, 6) is 0.632. The van der Waals surface area contributed by atoms with Crippen molar-refractivity contribution in [2.75, 3.05) is 0 Å². The standard InChI is InChI=1S/C46H26BrN3OS/c47-35-18-10-19-39-42(35)34-25-29(21-23-38(34)51-39)30-16-9-17-31-32-22-24-41-43(33-15-7-8-20-40(33)52-41)45(32)50(44(30)31)46-48-36(27-11-3-1-4-12-27)26-37(49-46)28-13-5-2-6-14-28/h1-26H. The molecule has 0 amide bonds. The molecule has 52 heavy (non-hydrogen) atoms. The van der Waals surface area contributed by atoms with Crippen molar-refractivity contribution in [3.8, 4) is 39.6 Å². The zero-order chi connectivity index (χ0) is 34.3. The third-order valence-corrected chi connectivity index (χ3v) is 11.9. The molecule has 7 aromatic carbocycles. The second-order valence-corrected chi connectivity index (χ2v) is 15.0. The van der Waals surface area contributed by atoms with E-state index in [1.54, 1.807) is 0 Å². The van der Waals surface area contributed by atoms with Gasteiger partial charge in [-0.2, -0.15) is 0 Å². The van der Waals surface area contributed by atoms with Crippen molar-refractivity contribution in [2.24, 2.45) is 0 Å². The maximum Gasteiger partial charge on any atom is 0.235 e. The molecule has 0 spiro atoms. The van der Waals surface area contributed by atoms with Gasteiger partial charge in [0.15, 0.2) is 0 Å². The molecule has 0 atom stereocenters. The van der Waals surface area contributed by atoms with Gasteiger partial charge >= 0.3 is 0 Å². The van der Waals surface area contributed by atoms with Crippen LogP contribution in [0.5, 0.6) is 0 Å². The third kappa shape index (κ3) is 4.44. The van der Waals surface area contributed by atoms with Crippen LogP contribution in [0, 0.1) is 0 Å². The first-order chi connectivity index (χ1) is 25.7. The van der Waals surface area contributed by atoms with Gasteiger partial charge in [-0.1, -0.05) is 131 Å². The van der Waals surface area contributed by atoms with Crippen LogP contribution in [0.25, 0.3) is 104 Å². The van der Waals surface area contributed by atoms with Crippen LogP contribution in [-0.2, 0) is 0 Å². The number of halogens is 1. The van der Waals surface area contributed by atoms with E-state index >= 15 is 0 Å². The Bertz CT molecular complexity index is 3140. The lowest BCUT2D eigenvalue weighted by Gasteiger charge is -2.14. The molecular formula is C46H26BrN3OS. The van der Waals surface area contributed by atoms with E-state index in [4.69, 9.17) is 14.4 Å². The predicted octanol–water partition coefficient (Wildman–Crippen LogP) is 13.6. The van der Waals surface area contributed by atoms with Gasteiger partial charge in [-0.15, -0.1) is 11.3 Å². The van der Waals surface area contributed by atoms with E-state index in [0.717, 1.165) is 76.5 Å². The van der Waals surface area contributed by atoms with Gasteiger partial charge in [0.1, 0.15) is 11.2 Å². The highest BCUT2D eigenvalue weighted by molar-refractivity contribution is 9.10. The maximum atomic E-state index is 6.29. The van der Waals surface area contributed by atoms with Crippen molar-refractivity contribution in [3.05, 3.63) is 162 Å². The van der Waals surface area contributed by atoms with Crippen molar-refractivity contribution in [1.82, 2.24) is 14.5 Å². The molecule has 0 saturated carbocycles. The van der Waals surface area contributed by atoms with Crippen LogP contribution in [0.3, 0.4) is 0 Å². The Balaban J connectivity index is 1.31. The van der Waals surface area contributed by atoms with Gasteiger partial charge in [0.25, 0.3) is 0 Å². The fourth-order valence-corrected chi connectivity index (χ4v) is 9.46. The van der Waals surface area contributed by atoms with Crippen LogP contribution in [0.15, 0.2) is 167 Å². The molecule has 0 aliphatic carbocycles. The molecule has 0 aliphatic rings. The summed E-state index contributed by atoms with van der Waals surface area (Å²) < 4.78 is 12.1. The number of nitrogens with zero attached hydrogens (tertiary/aromatic N) is 3. The van der Waals surface area contributed by atoms with Crippen LogP contribution in [0.1, 0.15) is 0 Å². The van der Waals surface area contributed by atoms with Gasteiger partial charge in [0.05, 0.1) is 22.4 Å². The highest BCUT2D eigenvalue weighted by atomic mass is 79.9. The molecular weight excluding hydrogens is 722 g/mol. The quantitative estimate of drug-likeness (QED) is 0.180. The molecule has 0 fully saturated rings. The summed E-state index contributed by atoms with van der Waals surface area (Å²) in [6.07, 6.45) is 0. The number of hydrogen-bond donors (Lipinski definition) is 0. The van der Waals surface area contributed by atoms with Gasteiger partial charge in [-0.05, 0) is 48.0 Å². The summed E-state index contributed by atoms with van der Waals surface area (Å²) >= 11 is 5.62. The van der Waals surface area contributed by atoms with Gasteiger partial charge < -0.3 is 4.42 Å². The summed E-state index contributed by atoms with van der Waals surface area (Å²) in [7, 11) is 0. The molecule has 11 aromatic rings. The van der Waals surface area contributed by atoms with Gasteiger partial charge in [0, 0.05) is 62.9 Å². The monoisotopic (exact) mass is 747 g/mol. The van der Waals surface area contributed by atoms with Gasteiger partial charge in [-0.25, -0.2) is 9.97 Å². The first kappa shape index (κ1) is 29.6. The summed E-state index contributed by atoms with van der Waals surface area (Å²) in [5.41, 5.74) is 9.91. The first-order valence-electron chi connectivity index (χ1n) is 17.2. The fraction of sp³-hybridized carbons (Fsp3) is 0. The minimum Gasteiger partial charge on any atom is -0.456 e. The number of hydrogen-bond acceptors (Lipinski definition) is 4. The SMILES string of the molecule is Brc1cccc2oc3ccc(-c4cccc5c6ccc7sc8ccccc8c7c6n(-c6nc(-c7ccccc7)cc(-c7ccccc7)n6)c45)cc3c12. The predicted molar refractivity (Wildman–Crippen MR) is 221 cm³/mol. The molecule has 0 aliphatic heterocycles. The van der Waals surface area contributed by atoms with Crippen LogP contribution in [-0.4, -0.2) is 14.5 Å². The summed E-state index contributed by atoms with van der Waals surface area (Å²) in [4.78, 5) is 10.8. The number of aromatic nitrogens is 3.